The van der Waals surface area contributed by atoms with Crippen LogP contribution in [-0.2, 0) is 9.53 Å². The summed E-state index contributed by atoms with van der Waals surface area (Å²) in [6, 6.07) is 14.9. The van der Waals surface area contributed by atoms with Crippen LogP contribution in [0.1, 0.15) is 29.2 Å². The Hall–Kier alpha value is -2.73. The molecule has 0 saturated heterocycles. The summed E-state index contributed by atoms with van der Waals surface area (Å²) in [6.07, 6.45) is 0.790. The molecule has 0 N–H and O–H groups in total. The highest BCUT2D eigenvalue weighted by Gasteiger charge is 2.19. The Balaban J connectivity index is 0.000000219. The average Bonchev–Trinajstić information content (AvgIpc) is 3.07. The van der Waals surface area contributed by atoms with Crippen LogP contribution < -0.4 is 4.90 Å². The number of likely N-dealkylation sites (N-methyl/N-ethyl adjacent to an activating group) is 1. The molecule has 3 rings (SSSR count). The van der Waals surface area contributed by atoms with Gasteiger partial charge in [0.15, 0.2) is 0 Å². The standard InChI is InChI=1S/C13H17NO3.C8H7NS/c1-4-17-13(16)10(2)14(3)12-7-5-11(9-15)6-8-12;1-6-9-7-4-2-3-5-8(7)10-6/h5-10H,4H2,1-3H3;2-5H,1H3. The summed E-state index contributed by atoms with van der Waals surface area (Å²) in [4.78, 5) is 28.2. The van der Waals surface area contributed by atoms with Gasteiger partial charge in [-0.2, -0.15) is 0 Å². The second kappa shape index (κ2) is 9.83. The maximum Gasteiger partial charge on any atom is 0.328 e. The molecule has 0 saturated carbocycles. The smallest absolute Gasteiger partial charge is 0.328 e. The topological polar surface area (TPSA) is 59.5 Å². The van der Waals surface area contributed by atoms with Crippen LogP contribution in [-0.4, -0.2) is 36.9 Å². The van der Waals surface area contributed by atoms with Gasteiger partial charge in [0.05, 0.1) is 21.8 Å². The third-order valence-corrected chi connectivity index (χ3v) is 5.00. The third-order valence-electron chi connectivity index (χ3n) is 4.05. The molecule has 0 amide bonds. The number of anilines is 1. The number of carbonyl (C=O) groups excluding carboxylic acids is 2. The number of rotatable bonds is 5. The Morgan fingerprint density at radius 1 is 1.22 bits per heavy atom. The van der Waals surface area contributed by atoms with Crippen LogP contribution in [0.4, 0.5) is 5.69 Å². The minimum atomic E-state index is -0.350. The lowest BCUT2D eigenvalue weighted by atomic mass is 10.2. The zero-order valence-electron chi connectivity index (χ0n) is 16.0. The van der Waals surface area contributed by atoms with Crippen molar-refractivity contribution in [3.8, 4) is 0 Å². The predicted molar refractivity (Wildman–Crippen MR) is 111 cm³/mol. The van der Waals surface area contributed by atoms with Crippen LogP contribution in [0.25, 0.3) is 10.2 Å². The van der Waals surface area contributed by atoms with Crippen molar-refractivity contribution in [2.24, 2.45) is 0 Å². The summed E-state index contributed by atoms with van der Waals surface area (Å²) in [5, 5.41) is 1.14. The molecule has 5 nitrogen and oxygen atoms in total. The summed E-state index contributed by atoms with van der Waals surface area (Å²) < 4.78 is 6.23. The molecule has 6 heteroatoms. The minimum absolute atomic E-state index is 0.255. The zero-order chi connectivity index (χ0) is 19.8. The lowest BCUT2D eigenvalue weighted by Crippen LogP contribution is -2.37. The predicted octanol–water partition coefficient (Wildman–Crippen LogP) is 4.49. The SMILES string of the molecule is CCOC(=O)C(C)N(C)c1ccc(C=O)cc1.Cc1nc2ccccc2s1. The first-order chi connectivity index (χ1) is 13.0. The second-order valence-corrected chi connectivity index (χ2v) is 7.18. The Morgan fingerprint density at radius 3 is 2.48 bits per heavy atom. The van der Waals surface area contributed by atoms with Gasteiger partial charge < -0.3 is 9.64 Å². The molecular formula is C21H24N2O3S. The molecule has 2 aromatic carbocycles. The molecule has 1 atom stereocenters. The van der Waals surface area contributed by atoms with Crippen molar-refractivity contribution in [1.29, 1.82) is 0 Å². The number of thiazole rings is 1. The van der Waals surface area contributed by atoms with Gasteiger partial charge in [-0.3, -0.25) is 4.79 Å². The second-order valence-electron chi connectivity index (χ2n) is 5.95. The Morgan fingerprint density at radius 2 is 1.89 bits per heavy atom. The van der Waals surface area contributed by atoms with Crippen molar-refractivity contribution in [3.63, 3.8) is 0 Å². The number of hydrogen-bond acceptors (Lipinski definition) is 6. The Kier molecular flexibility index (Phi) is 7.49. The molecule has 0 aliphatic carbocycles. The van der Waals surface area contributed by atoms with Crippen LogP contribution in [0.3, 0.4) is 0 Å². The number of esters is 1. The van der Waals surface area contributed by atoms with Crippen molar-refractivity contribution < 1.29 is 14.3 Å². The first kappa shape index (κ1) is 20.6. The van der Waals surface area contributed by atoms with Crippen molar-refractivity contribution in [2.75, 3.05) is 18.6 Å². The summed E-state index contributed by atoms with van der Waals surface area (Å²) >= 11 is 1.74. The van der Waals surface area contributed by atoms with Gasteiger partial charge in [0.2, 0.25) is 0 Å². The largest absolute Gasteiger partial charge is 0.464 e. The molecule has 0 spiro atoms. The number of aldehydes is 1. The van der Waals surface area contributed by atoms with Crippen LogP contribution in [0, 0.1) is 6.92 Å². The molecule has 0 aliphatic rings. The number of para-hydroxylation sites is 1. The molecule has 1 aromatic heterocycles. The Labute approximate surface area is 163 Å². The highest BCUT2D eigenvalue weighted by Crippen LogP contribution is 2.20. The average molecular weight is 385 g/mol. The van der Waals surface area contributed by atoms with E-state index >= 15 is 0 Å². The normalized spacial score (nSPS) is 11.3. The summed E-state index contributed by atoms with van der Waals surface area (Å²) in [6.45, 7) is 5.97. The molecule has 142 valence electrons. The van der Waals surface area contributed by atoms with Gasteiger partial charge in [0.25, 0.3) is 0 Å². The van der Waals surface area contributed by atoms with Gasteiger partial charge in [-0.25, -0.2) is 9.78 Å². The lowest BCUT2D eigenvalue weighted by Gasteiger charge is -2.25. The van der Waals surface area contributed by atoms with Gasteiger partial charge >= 0.3 is 5.97 Å². The van der Waals surface area contributed by atoms with Crippen molar-refractivity contribution in [1.82, 2.24) is 4.98 Å². The lowest BCUT2D eigenvalue weighted by molar-refractivity contribution is -0.144. The van der Waals surface area contributed by atoms with E-state index < -0.39 is 0 Å². The third kappa shape index (κ3) is 5.62. The van der Waals surface area contributed by atoms with Gasteiger partial charge in [0, 0.05) is 18.3 Å². The summed E-state index contributed by atoms with van der Waals surface area (Å²) in [7, 11) is 1.82. The van der Waals surface area contributed by atoms with Crippen LogP contribution in [0.15, 0.2) is 48.5 Å². The van der Waals surface area contributed by atoms with E-state index in [1.165, 1.54) is 4.70 Å². The fraction of sp³-hybridized carbons (Fsp3) is 0.286. The fourth-order valence-electron chi connectivity index (χ4n) is 2.42. The molecule has 1 heterocycles. The first-order valence-electron chi connectivity index (χ1n) is 8.73. The molecule has 0 bridgehead atoms. The highest BCUT2D eigenvalue weighted by atomic mass is 32.1. The minimum Gasteiger partial charge on any atom is -0.464 e. The summed E-state index contributed by atoms with van der Waals surface area (Å²) in [5.74, 6) is -0.255. The van der Waals surface area contributed by atoms with Gasteiger partial charge in [-0.15, -0.1) is 11.3 Å². The zero-order valence-corrected chi connectivity index (χ0v) is 16.8. The fourth-order valence-corrected chi connectivity index (χ4v) is 3.25. The molecular weight excluding hydrogens is 360 g/mol. The van der Waals surface area contributed by atoms with Crippen molar-refractivity contribution >= 4 is 39.5 Å². The molecule has 0 fully saturated rings. The first-order valence-corrected chi connectivity index (χ1v) is 9.54. The number of nitrogens with zero attached hydrogens (tertiary/aromatic N) is 2. The van der Waals surface area contributed by atoms with Crippen LogP contribution >= 0.6 is 11.3 Å². The number of carbonyl (C=O) groups is 2. The molecule has 1 unspecified atom stereocenters. The number of hydrogen-bond donors (Lipinski definition) is 0. The van der Waals surface area contributed by atoms with Crippen molar-refractivity contribution in [2.45, 2.75) is 26.8 Å². The van der Waals surface area contributed by atoms with Crippen LogP contribution in [0.2, 0.25) is 0 Å². The number of benzene rings is 2. The van der Waals surface area contributed by atoms with E-state index in [0.717, 1.165) is 22.5 Å². The number of ether oxygens (including phenoxy) is 1. The van der Waals surface area contributed by atoms with Crippen molar-refractivity contribution in [3.05, 3.63) is 59.1 Å². The number of aromatic nitrogens is 1. The van der Waals surface area contributed by atoms with E-state index in [2.05, 4.69) is 11.1 Å². The van der Waals surface area contributed by atoms with Crippen LogP contribution in [0.5, 0.6) is 0 Å². The monoisotopic (exact) mass is 384 g/mol. The number of aryl methyl sites for hydroxylation is 1. The maximum atomic E-state index is 11.6. The van der Waals surface area contributed by atoms with E-state index in [9.17, 15) is 9.59 Å². The molecule has 0 aliphatic heterocycles. The van der Waals surface area contributed by atoms with Gasteiger partial charge in [-0.05, 0) is 57.2 Å². The van der Waals surface area contributed by atoms with Gasteiger partial charge in [-0.1, -0.05) is 12.1 Å². The number of fused-ring (bicyclic) bond motifs is 1. The van der Waals surface area contributed by atoms with E-state index in [-0.39, 0.29) is 12.0 Å². The molecule has 3 aromatic rings. The van der Waals surface area contributed by atoms with E-state index in [0.29, 0.717) is 12.2 Å². The van der Waals surface area contributed by atoms with Gasteiger partial charge in [0.1, 0.15) is 12.3 Å². The molecule has 27 heavy (non-hydrogen) atoms. The van der Waals surface area contributed by atoms with E-state index in [1.807, 2.05) is 37.1 Å². The van der Waals surface area contributed by atoms with E-state index in [4.69, 9.17) is 4.74 Å². The summed E-state index contributed by atoms with van der Waals surface area (Å²) in [5.41, 5.74) is 2.60. The highest BCUT2D eigenvalue weighted by molar-refractivity contribution is 7.18. The van der Waals surface area contributed by atoms with E-state index in [1.54, 1.807) is 49.4 Å². The Bertz CT molecular complexity index is 857. The molecule has 0 radical (unpaired) electrons. The maximum absolute atomic E-state index is 11.6. The quantitative estimate of drug-likeness (QED) is 0.479.